The summed E-state index contributed by atoms with van der Waals surface area (Å²) in [5.41, 5.74) is 2.42. The van der Waals surface area contributed by atoms with Gasteiger partial charge in [0.05, 0.1) is 18.8 Å². The Bertz CT molecular complexity index is 448. The second-order valence-corrected chi connectivity index (χ2v) is 5.94. The van der Waals surface area contributed by atoms with Gasteiger partial charge in [0.25, 0.3) is 0 Å². The molecule has 19 heavy (non-hydrogen) atoms. The summed E-state index contributed by atoms with van der Waals surface area (Å²) < 4.78 is 5.69. The molecule has 2 aliphatic rings. The van der Waals surface area contributed by atoms with Crippen molar-refractivity contribution < 1.29 is 9.84 Å². The van der Waals surface area contributed by atoms with Crippen molar-refractivity contribution in [2.24, 2.45) is 0 Å². The van der Waals surface area contributed by atoms with Crippen LogP contribution >= 0.6 is 0 Å². The van der Waals surface area contributed by atoms with Gasteiger partial charge in [0.15, 0.2) is 0 Å². The fourth-order valence-electron chi connectivity index (χ4n) is 3.46. The Morgan fingerprint density at radius 1 is 1.26 bits per heavy atom. The highest BCUT2D eigenvalue weighted by molar-refractivity contribution is 5.32. The van der Waals surface area contributed by atoms with Crippen molar-refractivity contribution >= 4 is 0 Å². The standard InChI is InChI=1S/C16H23NO2/c1-11-10-19-12(2)9-17(11)15-8-7-13-5-3-4-6-14(13)16(15)18/h3-6,11-12,15-16,18H,7-10H2,1-2H3. The van der Waals surface area contributed by atoms with Crippen LogP contribution in [0.2, 0.25) is 0 Å². The molecule has 4 unspecified atom stereocenters. The lowest BCUT2D eigenvalue weighted by Crippen LogP contribution is -2.54. The van der Waals surface area contributed by atoms with Crippen molar-refractivity contribution in [2.45, 2.75) is 51.0 Å². The predicted octanol–water partition coefficient (Wildman–Crippen LogP) is 2.14. The minimum Gasteiger partial charge on any atom is -0.387 e. The Morgan fingerprint density at radius 3 is 2.89 bits per heavy atom. The van der Waals surface area contributed by atoms with E-state index in [4.69, 9.17) is 4.74 Å². The zero-order valence-electron chi connectivity index (χ0n) is 11.7. The van der Waals surface area contributed by atoms with E-state index in [0.717, 1.165) is 31.6 Å². The highest BCUT2D eigenvalue weighted by Gasteiger charge is 2.36. The SMILES string of the molecule is CC1CN(C2CCc3ccccc3C2O)C(C)CO1. The molecule has 1 heterocycles. The van der Waals surface area contributed by atoms with Crippen molar-refractivity contribution in [1.82, 2.24) is 4.90 Å². The number of fused-ring (bicyclic) bond motifs is 1. The summed E-state index contributed by atoms with van der Waals surface area (Å²) in [4.78, 5) is 2.44. The van der Waals surface area contributed by atoms with E-state index in [9.17, 15) is 5.11 Å². The number of hydrogen-bond donors (Lipinski definition) is 1. The van der Waals surface area contributed by atoms with E-state index in [-0.39, 0.29) is 18.2 Å². The molecule has 1 N–H and O–H groups in total. The zero-order valence-corrected chi connectivity index (χ0v) is 11.7. The van der Waals surface area contributed by atoms with Gasteiger partial charge in [-0.1, -0.05) is 24.3 Å². The zero-order chi connectivity index (χ0) is 13.4. The van der Waals surface area contributed by atoms with Crippen LogP contribution in [0.3, 0.4) is 0 Å². The second kappa shape index (κ2) is 5.23. The van der Waals surface area contributed by atoms with Crippen LogP contribution in [0, 0.1) is 0 Å². The predicted molar refractivity (Wildman–Crippen MR) is 75.1 cm³/mol. The maximum atomic E-state index is 10.7. The molecule has 0 radical (unpaired) electrons. The largest absolute Gasteiger partial charge is 0.387 e. The maximum absolute atomic E-state index is 10.7. The first-order chi connectivity index (χ1) is 9.16. The summed E-state index contributed by atoms with van der Waals surface area (Å²) in [6.07, 6.45) is 2.00. The van der Waals surface area contributed by atoms with E-state index < -0.39 is 0 Å². The first-order valence-corrected chi connectivity index (χ1v) is 7.30. The number of rotatable bonds is 1. The van der Waals surface area contributed by atoms with Gasteiger partial charge in [-0.05, 0) is 37.8 Å². The van der Waals surface area contributed by atoms with Gasteiger partial charge >= 0.3 is 0 Å². The molecule has 1 fully saturated rings. The van der Waals surface area contributed by atoms with Crippen LogP contribution in [0.15, 0.2) is 24.3 Å². The molecular weight excluding hydrogens is 238 g/mol. The van der Waals surface area contributed by atoms with E-state index in [1.807, 2.05) is 6.07 Å². The van der Waals surface area contributed by atoms with Crippen LogP contribution in [0.1, 0.15) is 37.5 Å². The summed E-state index contributed by atoms with van der Waals surface area (Å²) in [5, 5.41) is 10.7. The number of hydrogen-bond acceptors (Lipinski definition) is 3. The third kappa shape index (κ3) is 2.42. The first-order valence-electron chi connectivity index (χ1n) is 7.30. The molecule has 4 atom stereocenters. The van der Waals surface area contributed by atoms with E-state index in [1.165, 1.54) is 5.56 Å². The van der Waals surface area contributed by atoms with Crippen LogP contribution in [0.25, 0.3) is 0 Å². The summed E-state index contributed by atoms with van der Waals surface area (Å²) in [6, 6.07) is 8.92. The lowest BCUT2D eigenvalue weighted by atomic mass is 9.84. The van der Waals surface area contributed by atoms with Crippen LogP contribution in [0.4, 0.5) is 0 Å². The molecule has 1 aromatic carbocycles. The number of ether oxygens (including phenoxy) is 1. The minimum atomic E-state index is -0.363. The Labute approximate surface area is 115 Å². The van der Waals surface area contributed by atoms with Crippen molar-refractivity contribution in [3.05, 3.63) is 35.4 Å². The Kier molecular flexibility index (Phi) is 3.61. The van der Waals surface area contributed by atoms with E-state index in [2.05, 4.69) is 36.9 Å². The molecule has 1 aliphatic carbocycles. The third-order valence-corrected chi connectivity index (χ3v) is 4.53. The van der Waals surface area contributed by atoms with Gasteiger partial charge in [0.1, 0.15) is 0 Å². The molecule has 3 heteroatoms. The van der Waals surface area contributed by atoms with Crippen LogP contribution in [-0.2, 0) is 11.2 Å². The van der Waals surface area contributed by atoms with Gasteiger partial charge < -0.3 is 9.84 Å². The number of aliphatic hydroxyl groups excluding tert-OH is 1. The Hall–Kier alpha value is -0.900. The summed E-state index contributed by atoms with van der Waals surface area (Å²) in [7, 11) is 0. The molecule has 0 saturated carbocycles. The van der Waals surface area contributed by atoms with Crippen molar-refractivity contribution in [2.75, 3.05) is 13.2 Å². The van der Waals surface area contributed by atoms with Crippen LogP contribution in [-0.4, -0.2) is 41.3 Å². The van der Waals surface area contributed by atoms with Gasteiger partial charge in [-0.2, -0.15) is 0 Å². The molecule has 3 nitrogen and oxygen atoms in total. The summed E-state index contributed by atoms with van der Waals surface area (Å²) in [6.45, 7) is 6.00. The van der Waals surface area contributed by atoms with Gasteiger partial charge in [-0.15, -0.1) is 0 Å². The van der Waals surface area contributed by atoms with Crippen LogP contribution in [0.5, 0.6) is 0 Å². The quantitative estimate of drug-likeness (QED) is 0.840. The van der Waals surface area contributed by atoms with Gasteiger partial charge in [-0.25, -0.2) is 0 Å². The average molecular weight is 261 g/mol. The average Bonchev–Trinajstić information content (AvgIpc) is 2.43. The van der Waals surface area contributed by atoms with Crippen molar-refractivity contribution in [3.63, 3.8) is 0 Å². The number of aliphatic hydroxyl groups is 1. The summed E-state index contributed by atoms with van der Waals surface area (Å²) in [5.74, 6) is 0. The fraction of sp³-hybridized carbons (Fsp3) is 0.625. The van der Waals surface area contributed by atoms with Crippen LogP contribution < -0.4 is 0 Å². The van der Waals surface area contributed by atoms with Gasteiger partial charge in [-0.3, -0.25) is 4.90 Å². The van der Waals surface area contributed by atoms with E-state index in [1.54, 1.807) is 0 Å². The molecule has 0 spiro atoms. The minimum absolute atomic E-state index is 0.233. The van der Waals surface area contributed by atoms with E-state index in [0.29, 0.717) is 6.04 Å². The molecule has 0 amide bonds. The molecule has 1 saturated heterocycles. The third-order valence-electron chi connectivity index (χ3n) is 4.53. The Balaban J connectivity index is 1.83. The smallest absolute Gasteiger partial charge is 0.0948 e. The Morgan fingerprint density at radius 2 is 2.05 bits per heavy atom. The molecular formula is C16H23NO2. The first kappa shape index (κ1) is 13.1. The molecule has 104 valence electrons. The highest BCUT2D eigenvalue weighted by atomic mass is 16.5. The fourth-order valence-corrected chi connectivity index (χ4v) is 3.46. The lowest BCUT2D eigenvalue weighted by molar-refractivity contribution is -0.0912. The summed E-state index contributed by atoms with van der Waals surface area (Å²) >= 11 is 0. The van der Waals surface area contributed by atoms with Gasteiger partial charge in [0.2, 0.25) is 0 Å². The topological polar surface area (TPSA) is 32.7 Å². The molecule has 1 aromatic rings. The lowest BCUT2D eigenvalue weighted by Gasteiger charge is -2.45. The molecule has 3 rings (SSSR count). The monoisotopic (exact) mass is 261 g/mol. The van der Waals surface area contributed by atoms with E-state index >= 15 is 0 Å². The second-order valence-electron chi connectivity index (χ2n) is 5.94. The number of aryl methyl sites for hydroxylation is 1. The number of nitrogens with zero attached hydrogens (tertiary/aromatic N) is 1. The van der Waals surface area contributed by atoms with Crippen molar-refractivity contribution in [1.29, 1.82) is 0 Å². The van der Waals surface area contributed by atoms with Crippen molar-refractivity contribution in [3.8, 4) is 0 Å². The molecule has 0 aromatic heterocycles. The maximum Gasteiger partial charge on any atom is 0.0948 e. The normalized spacial score (nSPS) is 35.9. The highest BCUT2D eigenvalue weighted by Crippen LogP contribution is 2.34. The molecule has 1 aliphatic heterocycles. The number of morpholine rings is 1. The molecule has 0 bridgehead atoms. The van der Waals surface area contributed by atoms with Gasteiger partial charge in [0, 0.05) is 18.6 Å². The number of benzene rings is 1.